The van der Waals surface area contributed by atoms with Gasteiger partial charge in [-0.3, -0.25) is 14.4 Å². The summed E-state index contributed by atoms with van der Waals surface area (Å²) in [5.41, 5.74) is 3.03. The van der Waals surface area contributed by atoms with Gasteiger partial charge in [-0.05, 0) is 29.8 Å². The molecule has 1 N–H and O–H groups in total. The third-order valence-electron chi connectivity index (χ3n) is 6.66. The van der Waals surface area contributed by atoms with Gasteiger partial charge in [-0.25, -0.2) is 4.68 Å². The molecule has 11 heteroatoms. The van der Waals surface area contributed by atoms with Crippen LogP contribution in [-0.2, 0) is 11.8 Å². The molecule has 11 nitrogen and oxygen atoms in total. The number of rotatable bonds is 5. The van der Waals surface area contributed by atoms with E-state index >= 15 is 0 Å². The number of benzene rings is 2. The van der Waals surface area contributed by atoms with Crippen molar-refractivity contribution in [3.8, 4) is 5.69 Å². The number of hydrogen-bond donors (Lipinski definition) is 1. The van der Waals surface area contributed by atoms with E-state index in [0.29, 0.717) is 5.69 Å². The van der Waals surface area contributed by atoms with Crippen molar-refractivity contribution in [2.24, 2.45) is 7.05 Å². The minimum Gasteiger partial charge on any atom is -0.344 e. The molecule has 2 amide bonds. The van der Waals surface area contributed by atoms with Gasteiger partial charge in [0.05, 0.1) is 29.5 Å². The van der Waals surface area contributed by atoms with Crippen molar-refractivity contribution in [1.82, 2.24) is 29.8 Å². The first-order valence-electron chi connectivity index (χ1n) is 12.0. The molecular weight excluding hydrogens is 486 g/mol. The van der Waals surface area contributed by atoms with Gasteiger partial charge in [0.1, 0.15) is 0 Å². The van der Waals surface area contributed by atoms with Crippen LogP contribution in [0, 0.1) is 6.92 Å². The lowest BCUT2D eigenvalue weighted by Gasteiger charge is -2.29. The Labute approximate surface area is 216 Å². The number of carbonyl (C=O) groups is 2. The molecule has 1 fully saturated rings. The average molecular weight is 510 g/mol. The van der Waals surface area contributed by atoms with Gasteiger partial charge in [-0.15, -0.1) is 0 Å². The zero-order chi connectivity index (χ0) is 26.4. The van der Waals surface area contributed by atoms with Crippen molar-refractivity contribution < 1.29 is 14.1 Å². The standard InChI is InChI=1S/C27H23N7O4/c1-16-29-26(31-38-16)27(37)30-21-13-24(36)33(25(21)17-6-4-3-5-7-17)19-8-10-22-18(12-19)14-28-34(22)20-9-11-23(35)32(2)15-20/h3-12,14-15,21,25H,13H2,1-2H3,(H,30,37)/t21-,25+/m0/s1. The van der Waals surface area contributed by atoms with Crippen LogP contribution in [0.5, 0.6) is 0 Å². The average Bonchev–Trinajstić information content (AvgIpc) is 3.62. The Morgan fingerprint density at radius 1 is 1.05 bits per heavy atom. The van der Waals surface area contributed by atoms with E-state index in [1.165, 1.54) is 10.6 Å². The van der Waals surface area contributed by atoms with Crippen molar-refractivity contribution >= 4 is 28.4 Å². The zero-order valence-electron chi connectivity index (χ0n) is 20.6. The molecule has 4 heterocycles. The van der Waals surface area contributed by atoms with E-state index in [-0.39, 0.29) is 29.6 Å². The number of aryl methyl sites for hydroxylation is 2. The van der Waals surface area contributed by atoms with Gasteiger partial charge in [0, 0.05) is 43.7 Å². The summed E-state index contributed by atoms with van der Waals surface area (Å²) in [6, 6.07) is 17.5. The number of fused-ring (bicyclic) bond motifs is 1. The molecule has 1 aliphatic rings. The number of aromatic nitrogens is 5. The van der Waals surface area contributed by atoms with Gasteiger partial charge in [-0.2, -0.15) is 10.1 Å². The first-order chi connectivity index (χ1) is 18.4. The smallest absolute Gasteiger partial charge is 0.293 e. The van der Waals surface area contributed by atoms with E-state index in [0.717, 1.165) is 22.2 Å². The number of anilines is 1. The lowest BCUT2D eigenvalue weighted by atomic mass is 9.99. The molecular formula is C27H23N7O4. The highest BCUT2D eigenvalue weighted by Crippen LogP contribution is 2.38. The summed E-state index contributed by atoms with van der Waals surface area (Å²) in [7, 11) is 1.69. The fourth-order valence-electron chi connectivity index (χ4n) is 4.90. The Bertz CT molecular complexity index is 1740. The highest BCUT2D eigenvalue weighted by molar-refractivity contribution is 6.00. The molecule has 3 aromatic heterocycles. The Balaban J connectivity index is 1.37. The van der Waals surface area contributed by atoms with Crippen LogP contribution in [0.25, 0.3) is 16.6 Å². The summed E-state index contributed by atoms with van der Waals surface area (Å²) in [5.74, 6) is -0.424. The maximum atomic E-state index is 13.4. The minimum atomic E-state index is -0.514. The van der Waals surface area contributed by atoms with Gasteiger partial charge in [-0.1, -0.05) is 35.5 Å². The maximum absolute atomic E-state index is 13.4. The second kappa shape index (κ2) is 9.11. The fourth-order valence-corrected chi connectivity index (χ4v) is 4.90. The van der Waals surface area contributed by atoms with E-state index < -0.39 is 18.0 Å². The number of amides is 2. The SMILES string of the molecule is Cc1nc(C(=O)N[C@H]2CC(=O)N(c3ccc4c(cnn4-c4ccc(=O)n(C)c4)c3)[C@@H]2c2ccccc2)no1. The van der Waals surface area contributed by atoms with Gasteiger partial charge in [0.2, 0.25) is 17.4 Å². The van der Waals surface area contributed by atoms with Crippen molar-refractivity contribution in [1.29, 1.82) is 0 Å². The van der Waals surface area contributed by atoms with E-state index in [1.54, 1.807) is 42.0 Å². The first kappa shape index (κ1) is 23.3. The van der Waals surface area contributed by atoms with Crippen LogP contribution in [0.3, 0.4) is 0 Å². The molecule has 0 spiro atoms. The van der Waals surface area contributed by atoms with Crippen molar-refractivity contribution in [2.45, 2.75) is 25.4 Å². The monoisotopic (exact) mass is 509 g/mol. The fraction of sp³-hybridized carbons (Fsp3) is 0.185. The topological polar surface area (TPSA) is 128 Å². The molecule has 0 aliphatic carbocycles. The van der Waals surface area contributed by atoms with Crippen LogP contribution in [0.15, 0.2) is 82.4 Å². The lowest BCUT2D eigenvalue weighted by molar-refractivity contribution is -0.117. The van der Waals surface area contributed by atoms with Crippen molar-refractivity contribution in [2.75, 3.05) is 4.90 Å². The molecule has 38 heavy (non-hydrogen) atoms. The van der Waals surface area contributed by atoms with Gasteiger partial charge >= 0.3 is 0 Å². The van der Waals surface area contributed by atoms with Crippen LogP contribution in [0.4, 0.5) is 5.69 Å². The normalized spacial score (nSPS) is 17.3. The Morgan fingerprint density at radius 2 is 1.84 bits per heavy atom. The van der Waals surface area contributed by atoms with Gasteiger partial charge < -0.3 is 19.3 Å². The van der Waals surface area contributed by atoms with E-state index in [1.807, 2.05) is 48.5 Å². The number of nitrogens with zero attached hydrogens (tertiary/aromatic N) is 6. The zero-order valence-corrected chi connectivity index (χ0v) is 20.6. The number of carbonyl (C=O) groups excluding carboxylic acids is 2. The van der Waals surface area contributed by atoms with Crippen LogP contribution >= 0.6 is 0 Å². The molecule has 0 bridgehead atoms. The molecule has 5 aromatic rings. The highest BCUT2D eigenvalue weighted by atomic mass is 16.5. The Morgan fingerprint density at radius 3 is 2.58 bits per heavy atom. The van der Waals surface area contributed by atoms with Crippen LogP contribution in [-0.4, -0.2) is 42.3 Å². The third kappa shape index (κ3) is 4.03. The van der Waals surface area contributed by atoms with Crippen LogP contribution in [0.1, 0.15) is 34.5 Å². The van der Waals surface area contributed by atoms with Crippen molar-refractivity contribution in [3.63, 3.8) is 0 Å². The molecule has 190 valence electrons. The summed E-state index contributed by atoms with van der Waals surface area (Å²) in [4.78, 5) is 43.8. The number of nitrogens with one attached hydrogen (secondary N) is 1. The van der Waals surface area contributed by atoms with Gasteiger partial charge in [0.15, 0.2) is 0 Å². The summed E-state index contributed by atoms with van der Waals surface area (Å²) in [5, 5.41) is 12.0. The summed E-state index contributed by atoms with van der Waals surface area (Å²) < 4.78 is 8.18. The number of hydrogen-bond acceptors (Lipinski definition) is 7. The molecule has 0 unspecified atom stereocenters. The lowest BCUT2D eigenvalue weighted by Crippen LogP contribution is -2.40. The first-order valence-corrected chi connectivity index (χ1v) is 12.0. The van der Waals surface area contributed by atoms with Crippen LogP contribution in [0.2, 0.25) is 0 Å². The molecule has 1 saturated heterocycles. The van der Waals surface area contributed by atoms with E-state index in [4.69, 9.17) is 4.52 Å². The molecule has 1 aliphatic heterocycles. The molecule has 2 aromatic carbocycles. The highest BCUT2D eigenvalue weighted by Gasteiger charge is 2.43. The summed E-state index contributed by atoms with van der Waals surface area (Å²) >= 11 is 0. The van der Waals surface area contributed by atoms with E-state index in [9.17, 15) is 14.4 Å². The van der Waals surface area contributed by atoms with Gasteiger partial charge in [0.25, 0.3) is 11.7 Å². The van der Waals surface area contributed by atoms with E-state index in [2.05, 4.69) is 20.6 Å². The summed E-state index contributed by atoms with van der Waals surface area (Å²) in [6.45, 7) is 1.61. The molecule has 2 atom stereocenters. The Kier molecular flexibility index (Phi) is 5.60. The molecule has 0 radical (unpaired) electrons. The second-order valence-corrected chi connectivity index (χ2v) is 9.18. The largest absolute Gasteiger partial charge is 0.344 e. The molecule has 6 rings (SSSR count). The maximum Gasteiger partial charge on any atom is 0.293 e. The van der Waals surface area contributed by atoms with Crippen molar-refractivity contribution in [3.05, 3.63) is 101 Å². The predicted molar refractivity (Wildman–Crippen MR) is 138 cm³/mol. The summed E-state index contributed by atoms with van der Waals surface area (Å²) in [6.07, 6.45) is 3.55. The minimum absolute atomic E-state index is 0.0764. The Hall–Kier alpha value is -5.06. The second-order valence-electron chi connectivity index (χ2n) is 9.18. The van der Waals surface area contributed by atoms with Crippen LogP contribution < -0.4 is 15.8 Å². The third-order valence-corrected chi connectivity index (χ3v) is 6.66. The predicted octanol–water partition coefficient (Wildman–Crippen LogP) is 2.69. The quantitative estimate of drug-likeness (QED) is 0.386. The number of pyridine rings is 1. The molecule has 0 saturated carbocycles.